The van der Waals surface area contributed by atoms with Crippen LogP contribution in [0.3, 0.4) is 0 Å². The highest BCUT2D eigenvalue weighted by atomic mass is 32.1. The normalized spacial score (nSPS) is 14.5. The number of benzene rings is 1. The summed E-state index contributed by atoms with van der Waals surface area (Å²) in [6.07, 6.45) is 0.855. The summed E-state index contributed by atoms with van der Waals surface area (Å²) in [5.41, 5.74) is 8.47. The van der Waals surface area contributed by atoms with Gasteiger partial charge in [-0.1, -0.05) is 12.1 Å². The van der Waals surface area contributed by atoms with Gasteiger partial charge in [0.25, 0.3) is 5.91 Å². The zero-order valence-corrected chi connectivity index (χ0v) is 13.5. The van der Waals surface area contributed by atoms with Gasteiger partial charge in [0, 0.05) is 18.0 Å². The van der Waals surface area contributed by atoms with Gasteiger partial charge in [0.1, 0.15) is 5.75 Å². The molecule has 1 amide bonds. The molecule has 0 radical (unpaired) electrons. The van der Waals surface area contributed by atoms with Crippen LogP contribution in [0.1, 0.15) is 20.8 Å². The Labute approximate surface area is 133 Å². The lowest BCUT2D eigenvalue weighted by Gasteiger charge is -2.22. The van der Waals surface area contributed by atoms with Crippen LogP contribution in [-0.2, 0) is 13.0 Å². The highest BCUT2D eigenvalue weighted by molar-refractivity contribution is 7.16. The number of para-hydroxylation sites is 2. The number of hydrogen-bond donors (Lipinski definition) is 2. The summed E-state index contributed by atoms with van der Waals surface area (Å²) in [5.74, 6) is 0.474. The number of likely N-dealkylation sites (N-methyl/N-ethyl adjacent to an activating group) is 1. The van der Waals surface area contributed by atoms with Gasteiger partial charge in [0.2, 0.25) is 0 Å². The number of nitrogens with one attached hydrogen (secondary N) is 1. The van der Waals surface area contributed by atoms with Gasteiger partial charge >= 0.3 is 0 Å². The van der Waals surface area contributed by atoms with E-state index in [-0.39, 0.29) is 5.91 Å². The molecule has 0 spiro atoms. The highest BCUT2D eigenvalue weighted by Crippen LogP contribution is 2.35. The molecular formula is C16H19N3O2S. The van der Waals surface area contributed by atoms with E-state index in [4.69, 9.17) is 10.5 Å². The minimum atomic E-state index is -0.163. The number of hydrogen-bond acceptors (Lipinski definition) is 5. The summed E-state index contributed by atoms with van der Waals surface area (Å²) < 4.78 is 5.27. The van der Waals surface area contributed by atoms with Crippen molar-refractivity contribution in [2.45, 2.75) is 13.0 Å². The number of fused-ring (bicyclic) bond motifs is 1. The molecule has 1 aliphatic heterocycles. The van der Waals surface area contributed by atoms with Crippen molar-refractivity contribution in [1.82, 2.24) is 4.90 Å². The second-order valence-electron chi connectivity index (χ2n) is 5.39. The van der Waals surface area contributed by atoms with Gasteiger partial charge in [-0.25, -0.2) is 0 Å². The van der Waals surface area contributed by atoms with E-state index in [1.54, 1.807) is 7.11 Å². The SMILES string of the molecule is COc1ccccc1NC(=O)c1c(N)sc2c1CCN(C)C2. The predicted molar refractivity (Wildman–Crippen MR) is 89.7 cm³/mol. The van der Waals surface area contributed by atoms with E-state index >= 15 is 0 Å². The van der Waals surface area contributed by atoms with E-state index < -0.39 is 0 Å². The number of methoxy groups -OCH3 is 1. The van der Waals surface area contributed by atoms with Crippen LogP contribution in [0, 0.1) is 0 Å². The Morgan fingerprint density at radius 3 is 2.95 bits per heavy atom. The lowest BCUT2D eigenvalue weighted by molar-refractivity contribution is 0.102. The van der Waals surface area contributed by atoms with E-state index in [0.717, 1.165) is 25.1 Å². The second kappa shape index (κ2) is 5.98. The van der Waals surface area contributed by atoms with E-state index in [1.807, 2.05) is 24.3 Å². The fourth-order valence-electron chi connectivity index (χ4n) is 2.73. The van der Waals surface area contributed by atoms with Crippen molar-refractivity contribution in [2.75, 3.05) is 31.8 Å². The van der Waals surface area contributed by atoms with Gasteiger partial charge in [0.15, 0.2) is 0 Å². The molecule has 0 bridgehead atoms. The Balaban J connectivity index is 1.90. The fourth-order valence-corrected chi connectivity index (χ4v) is 3.93. The third kappa shape index (κ3) is 2.67. The molecule has 1 aromatic carbocycles. The van der Waals surface area contributed by atoms with Gasteiger partial charge in [-0.2, -0.15) is 0 Å². The molecule has 0 saturated heterocycles. The number of carbonyl (C=O) groups is 1. The lowest BCUT2D eigenvalue weighted by Crippen LogP contribution is -2.27. The zero-order valence-electron chi connectivity index (χ0n) is 12.7. The smallest absolute Gasteiger partial charge is 0.259 e. The van der Waals surface area contributed by atoms with Crippen molar-refractivity contribution >= 4 is 27.9 Å². The number of nitrogen functional groups attached to an aromatic ring is 1. The number of ether oxygens (including phenoxy) is 1. The van der Waals surface area contributed by atoms with Crippen molar-refractivity contribution < 1.29 is 9.53 Å². The topological polar surface area (TPSA) is 67.6 Å². The molecule has 3 N–H and O–H groups in total. The standard InChI is InChI=1S/C16H19N3O2S/c1-19-8-7-10-13(9-19)22-15(17)14(10)16(20)18-11-5-3-4-6-12(11)21-2/h3-6H,7-9,17H2,1-2H3,(H,18,20). The van der Waals surface area contributed by atoms with Gasteiger partial charge < -0.3 is 20.7 Å². The maximum atomic E-state index is 12.7. The molecule has 5 nitrogen and oxygen atoms in total. The quantitative estimate of drug-likeness (QED) is 0.913. The van der Waals surface area contributed by atoms with Gasteiger partial charge in [-0.05, 0) is 31.2 Å². The van der Waals surface area contributed by atoms with Crippen molar-refractivity contribution in [3.8, 4) is 5.75 Å². The van der Waals surface area contributed by atoms with E-state index in [9.17, 15) is 4.79 Å². The Bertz CT molecular complexity index is 711. The van der Waals surface area contributed by atoms with Gasteiger partial charge in [-0.3, -0.25) is 4.79 Å². The molecule has 2 aromatic rings. The molecule has 22 heavy (non-hydrogen) atoms. The predicted octanol–water partition coefficient (Wildman–Crippen LogP) is 2.58. The van der Waals surface area contributed by atoms with E-state index in [1.165, 1.54) is 16.2 Å². The first-order valence-corrected chi connectivity index (χ1v) is 7.94. The number of anilines is 2. The minimum Gasteiger partial charge on any atom is -0.495 e. The molecule has 0 fully saturated rings. The van der Waals surface area contributed by atoms with Crippen LogP contribution in [0.25, 0.3) is 0 Å². The first-order chi connectivity index (χ1) is 10.6. The fraction of sp³-hybridized carbons (Fsp3) is 0.312. The average molecular weight is 317 g/mol. The molecular weight excluding hydrogens is 298 g/mol. The summed E-state index contributed by atoms with van der Waals surface area (Å²) in [6.45, 7) is 1.80. The van der Waals surface area contributed by atoms with Crippen LogP contribution < -0.4 is 15.8 Å². The number of thiophene rings is 1. The number of nitrogens with two attached hydrogens (primary N) is 1. The largest absolute Gasteiger partial charge is 0.495 e. The van der Waals surface area contributed by atoms with Crippen LogP contribution in [-0.4, -0.2) is 31.5 Å². The minimum absolute atomic E-state index is 0.163. The third-order valence-electron chi connectivity index (χ3n) is 3.86. The molecule has 0 saturated carbocycles. The average Bonchev–Trinajstić information content (AvgIpc) is 2.82. The van der Waals surface area contributed by atoms with Crippen LogP contribution in [0.5, 0.6) is 5.75 Å². The summed E-state index contributed by atoms with van der Waals surface area (Å²) in [7, 11) is 3.66. The second-order valence-corrected chi connectivity index (χ2v) is 6.52. The van der Waals surface area contributed by atoms with Crippen molar-refractivity contribution in [3.63, 3.8) is 0 Å². The summed E-state index contributed by atoms with van der Waals surface area (Å²) in [4.78, 5) is 16.1. The molecule has 0 unspecified atom stereocenters. The van der Waals surface area contributed by atoms with Crippen molar-refractivity contribution in [1.29, 1.82) is 0 Å². The molecule has 0 atom stereocenters. The highest BCUT2D eigenvalue weighted by Gasteiger charge is 2.26. The molecule has 116 valence electrons. The molecule has 1 aliphatic rings. The van der Waals surface area contributed by atoms with E-state index in [0.29, 0.717) is 22.0 Å². The monoisotopic (exact) mass is 317 g/mol. The van der Waals surface area contributed by atoms with Crippen LogP contribution >= 0.6 is 11.3 Å². The number of nitrogens with zero attached hydrogens (tertiary/aromatic N) is 1. The van der Waals surface area contributed by atoms with Crippen molar-refractivity contribution in [3.05, 3.63) is 40.3 Å². The molecule has 3 rings (SSSR count). The third-order valence-corrected chi connectivity index (χ3v) is 4.90. The van der Waals surface area contributed by atoms with Crippen LogP contribution in [0.4, 0.5) is 10.7 Å². The summed E-state index contributed by atoms with van der Waals surface area (Å²) in [6, 6.07) is 7.36. The van der Waals surface area contributed by atoms with E-state index in [2.05, 4.69) is 17.3 Å². The Morgan fingerprint density at radius 2 is 2.18 bits per heavy atom. The number of amides is 1. The lowest BCUT2D eigenvalue weighted by atomic mass is 10.0. The Morgan fingerprint density at radius 1 is 1.41 bits per heavy atom. The first kappa shape index (κ1) is 14.9. The first-order valence-electron chi connectivity index (χ1n) is 7.13. The maximum Gasteiger partial charge on any atom is 0.259 e. The van der Waals surface area contributed by atoms with Crippen LogP contribution in [0.2, 0.25) is 0 Å². The zero-order chi connectivity index (χ0) is 15.7. The molecule has 2 heterocycles. The molecule has 1 aromatic heterocycles. The van der Waals surface area contributed by atoms with Gasteiger partial charge in [-0.15, -0.1) is 11.3 Å². The molecule has 0 aliphatic carbocycles. The maximum absolute atomic E-state index is 12.7. The summed E-state index contributed by atoms with van der Waals surface area (Å²) >= 11 is 1.51. The van der Waals surface area contributed by atoms with Gasteiger partial charge in [0.05, 0.1) is 23.4 Å². The molecule has 6 heteroatoms. The van der Waals surface area contributed by atoms with Crippen molar-refractivity contribution in [2.24, 2.45) is 0 Å². The Kier molecular flexibility index (Phi) is 4.04. The Hall–Kier alpha value is -2.05. The number of rotatable bonds is 3. The van der Waals surface area contributed by atoms with Crippen LogP contribution in [0.15, 0.2) is 24.3 Å². The number of carbonyl (C=O) groups excluding carboxylic acids is 1. The summed E-state index contributed by atoms with van der Waals surface area (Å²) in [5, 5.41) is 3.51.